The Morgan fingerprint density at radius 1 is 1.18 bits per heavy atom. The molecule has 0 aromatic heterocycles. The molecule has 154 valence electrons. The minimum Gasteiger partial charge on any atom is -0.383 e. The van der Waals surface area contributed by atoms with Crippen LogP contribution in [0.1, 0.15) is 56.6 Å². The zero-order chi connectivity index (χ0) is 19.9. The van der Waals surface area contributed by atoms with Crippen molar-refractivity contribution < 1.29 is 18.7 Å². The zero-order valence-electron chi connectivity index (χ0n) is 16.7. The van der Waals surface area contributed by atoms with E-state index in [4.69, 9.17) is 4.74 Å². The highest BCUT2D eigenvalue weighted by Gasteiger charge is 2.40. The number of rotatable bonds is 7. The molecule has 5 nitrogen and oxygen atoms in total. The second-order valence-corrected chi connectivity index (χ2v) is 7.97. The summed E-state index contributed by atoms with van der Waals surface area (Å²) in [4.78, 5) is 27.4. The van der Waals surface area contributed by atoms with Crippen LogP contribution >= 0.6 is 0 Å². The van der Waals surface area contributed by atoms with Crippen molar-refractivity contribution in [3.8, 4) is 0 Å². The van der Waals surface area contributed by atoms with Crippen LogP contribution in [0.5, 0.6) is 0 Å². The van der Waals surface area contributed by atoms with Crippen LogP contribution in [-0.2, 0) is 14.3 Å². The molecule has 1 heterocycles. The first-order chi connectivity index (χ1) is 13.6. The molecule has 0 spiro atoms. The summed E-state index contributed by atoms with van der Waals surface area (Å²) >= 11 is 0. The second-order valence-electron chi connectivity index (χ2n) is 7.97. The number of methoxy groups -OCH3 is 1. The van der Waals surface area contributed by atoms with E-state index >= 15 is 0 Å². The number of nitrogens with one attached hydrogen (secondary N) is 1. The lowest BCUT2D eigenvalue weighted by molar-refractivity contribution is -0.144. The number of piperidine rings is 1. The van der Waals surface area contributed by atoms with E-state index in [0.29, 0.717) is 38.5 Å². The fourth-order valence-electron chi connectivity index (χ4n) is 4.52. The topological polar surface area (TPSA) is 58.6 Å². The summed E-state index contributed by atoms with van der Waals surface area (Å²) < 4.78 is 18.6. The van der Waals surface area contributed by atoms with Gasteiger partial charge in [0.1, 0.15) is 5.82 Å². The largest absolute Gasteiger partial charge is 0.383 e. The summed E-state index contributed by atoms with van der Waals surface area (Å²) in [6, 6.07) is 5.75. The van der Waals surface area contributed by atoms with Crippen molar-refractivity contribution in [2.75, 3.05) is 26.8 Å². The molecule has 2 amide bonds. The molecule has 2 fully saturated rings. The van der Waals surface area contributed by atoms with Crippen molar-refractivity contribution in [1.82, 2.24) is 10.2 Å². The maximum absolute atomic E-state index is 13.4. The average molecular weight is 390 g/mol. The lowest BCUT2D eigenvalue weighted by Gasteiger charge is -2.41. The summed E-state index contributed by atoms with van der Waals surface area (Å²) in [7, 11) is 1.59. The summed E-state index contributed by atoms with van der Waals surface area (Å²) in [5, 5.41) is 3.14. The molecule has 2 atom stereocenters. The van der Waals surface area contributed by atoms with E-state index in [0.717, 1.165) is 5.56 Å². The first-order valence-electron chi connectivity index (χ1n) is 10.4. The predicted octanol–water partition coefficient (Wildman–Crippen LogP) is 3.45. The van der Waals surface area contributed by atoms with Gasteiger partial charge >= 0.3 is 0 Å². The van der Waals surface area contributed by atoms with Crippen molar-refractivity contribution in [3.05, 3.63) is 35.6 Å². The SMILES string of the molecule is COCCN1C(=O)CC[C@@H](C(=O)NCC2CCCCC2)[C@@H]1c1ccc(F)cc1. The van der Waals surface area contributed by atoms with E-state index in [1.807, 2.05) is 0 Å². The van der Waals surface area contributed by atoms with Crippen molar-refractivity contribution in [2.45, 2.75) is 51.0 Å². The van der Waals surface area contributed by atoms with Crippen LogP contribution in [0.4, 0.5) is 4.39 Å². The Balaban J connectivity index is 1.76. The van der Waals surface area contributed by atoms with Crippen LogP contribution in [0.25, 0.3) is 0 Å². The molecular weight excluding hydrogens is 359 g/mol. The molecule has 3 rings (SSSR count). The molecule has 1 aliphatic carbocycles. The van der Waals surface area contributed by atoms with Gasteiger partial charge in [-0.05, 0) is 42.9 Å². The van der Waals surface area contributed by atoms with Gasteiger partial charge in [-0.3, -0.25) is 9.59 Å². The van der Waals surface area contributed by atoms with Gasteiger partial charge in [0, 0.05) is 26.6 Å². The van der Waals surface area contributed by atoms with Crippen molar-refractivity contribution >= 4 is 11.8 Å². The predicted molar refractivity (Wildman–Crippen MR) is 105 cm³/mol. The van der Waals surface area contributed by atoms with Crippen LogP contribution < -0.4 is 5.32 Å². The van der Waals surface area contributed by atoms with E-state index in [1.165, 1.54) is 44.2 Å². The minimum absolute atomic E-state index is 0.00480. The molecular formula is C22H31FN2O3. The molecule has 2 aliphatic rings. The van der Waals surface area contributed by atoms with E-state index in [9.17, 15) is 14.0 Å². The molecule has 0 unspecified atom stereocenters. The van der Waals surface area contributed by atoms with Gasteiger partial charge in [-0.1, -0.05) is 31.4 Å². The first kappa shape index (κ1) is 20.8. The molecule has 1 aliphatic heterocycles. The van der Waals surface area contributed by atoms with E-state index in [-0.39, 0.29) is 29.6 Å². The smallest absolute Gasteiger partial charge is 0.225 e. The van der Waals surface area contributed by atoms with E-state index < -0.39 is 0 Å². The van der Waals surface area contributed by atoms with Crippen molar-refractivity contribution in [3.63, 3.8) is 0 Å². The van der Waals surface area contributed by atoms with Gasteiger partial charge in [-0.15, -0.1) is 0 Å². The Bertz CT molecular complexity index is 658. The third-order valence-corrected chi connectivity index (χ3v) is 6.08. The number of ether oxygens (including phenoxy) is 1. The molecule has 28 heavy (non-hydrogen) atoms. The number of hydrogen-bond acceptors (Lipinski definition) is 3. The first-order valence-corrected chi connectivity index (χ1v) is 10.4. The molecule has 1 aromatic rings. The number of carbonyl (C=O) groups excluding carboxylic acids is 2. The zero-order valence-corrected chi connectivity index (χ0v) is 16.7. The quantitative estimate of drug-likeness (QED) is 0.776. The number of nitrogens with zero attached hydrogens (tertiary/aromatic N) is 1. The number of benzene rings is 1. The van der Waals surface area contributed by atoms with Gasteiger partial charge in [-0.2, -0.15) is 0 Å². The lowest BCUT2D eigenvalue weighted by atomic mass is 9.83. The number of carbonyl (C=O) groups is 2. The molecule has 1 saturated carbocycles. The van der Waals surface area contributed by atoms with Crippen LogP contribution in [0.2, 0.25) is 0 Å². The summed E-state index contributed by atoms with van der Waals surface area (Å²) in [5.74, 6) is -0.0921. The van der Waals surface area contributed by atoms with Crippen molar-refractivity contribution in [2.24, 2.45) is 11.8 Å². The normalized spacial score (nSPS) is 23.6. The fourth-order valence-corrected chi connectivity index (χ4v) is 4.52. The number of halogens is 1. The van der Waals surface area contributed by atoms with Crippen LogP contribution in [-0.4, -0.2) is 43.5 Å². The molecule has 1 aromatic carbocycles. The van der Waals surface area contributed by atoms with Gasteiger partial charge in [0.25, 0.3) is 0 Å². The van der Waals surface area contributed by atoms with Gasteiger partial charge < -0.3 is 15.0 Å². The molecule has 6 heteroatoms. The van der Waals surface area contributed by atoms with E-state index in [2.05, 4.69) is 5.32 Å². The highest BCUT2D eigenvalue weighted by molar-refractivity contribution is 5.85. The van der Waals surface area contributed by atoms with Gasteiger partial charge in [0.05, 0.1) is 18.6 Å². The van der Waals surface area contributed by atoms with Gasteiger partial charge in [-0.25, -0.2) is 4.39 Å². The minimum atomic E-state index is -0.386. The summed E-state index contributed by atoms with van der Waals surface area (Å²) in [5.41, 5.74) is 0.795. The summed E-state index contributed by atoms with van der Waals surface area (Å²) in [6.45, 7) is 1.53. The third kappa shape index (κ3) is 5.10. The number of likely N-dealkylation sites (tertiary alicyclic amines) is 1. The number of amides is 2. The van der Waals surface area contributed by atoms with E-state index in [1.54, 1.807) is 24.1 Å². The Kier molecular flexibility index (Phi) is 7.43. The summed E-state index contributed by atoms with van der Waals surface area (Å²) in [6.07, 6.45) is 6.97. The van der Waals surface area contributed by atoms with Crippen LogP contribution in [0.3, 0.4) is 0 Å². The maximum atomic E-state index is 13.4. The highest BCUT2D eigenvalue weighted by Crippen LogP contribution is 2.37. The maximum Gasteiger partial charge on any atom is 0.225 e. The Labute approximate surface area is 166 Å². The number of hydrogen-bond donors (Lipinski definition) is 1. The van der Waals surface area contributed by atoms with Crippen molar-refractivity contribution in [1.29, 1.82) is 0 Å². The monoisotopic (exact) mass is 390 g/mol. The Morgan fingerprint density at radius 2 is 1.89 bits per heavy atom. The molecule has 1 N–H and O–H groups in total. The average Bonchev–Trinajstić information content (AvgIpc) is 2.72. The van der Waals surface area contributed by atoms with Crippen LogP contribution in [0.15, 0.2) is 24.3 Å². The fraction of sp³-hybridized carbons (Fsp3) is 0.636. The standard InChI is InChI=1S/C22H31FN2O3/c1-28-14-13-25-20(26)12-11-19(21(25)17-7-9-18(23)10-8-17)22(27)24-15-16-5-3-2-4-6-16/h7-10,16,19,21H,2-6,11-15H2,1H3,(H,24,27)/t19-,21+/m1/s1. The molecule has 0 bridgehead atoms. The third-order valence-electron chi connectivity index (χ3n) is 6.08. The highest BCUT2D eigenvalue weighted by atomic mass is 19.1. The molecule has 1 saturated heterocycles. The Morgan fingerprint density at radius 3 is 2.57 bits per heavy atom. The lowest BCUT2D eigenvalue weighted by Crippen LogP contribution is -2.49. The second kappa shape index (κ2) is 10.0. The van der Waals surface area contributed by atoms with Crippen LogP contribution in [0, 0.1) is 17.7 Å². The molecule has 0 radical (unpaired) electrons. The van der Waals surface area contributed by atoms with Gasteiger partial charge in [0.15, 0.2) is 0 Å². The Hall–Kier alpha value is -1.95. The van der Waals surface area contributed by atoms with Gasteiger partial charge in [0.2, 0.25) is 11.8 Å².